The van der Waals surface area contributed by atoms with Crippen LogP contribution >= 0.6 is 15.9 Å². The highest BCUT2D eigenvalue weighted by atomic mass is 79.9. The number of carbonyl (C=O) groups excluding carboxylic acids is 1. The summed E-state index contributed by atoms with van der Waals surface area (Å²) in [5, 5.41) is 2.65. The van der Waals surface area contributed by atoms with Crippen LogP contribution in [0.5, 0.6) is 0 Å². The Kier molecular flexibility index (Phi) is 4.44. The summed E-state index contributed by atoms with van der Waals surface area (Å²) in [6, 6.07) is 6.54. The van der Waals surface area contributed by atoms with E-state index < -0.39 is 11.6 Å². The van der Waals surface area contributed by atoms with Crippen molar-refractivity contribution in [3.8, 4) is 0 Å². The van der Waals surface area contributed by atoms with Gasteiger partial charge in [0.2, 0.25) is 5.91 Å². The van der Waals surface area contributed by atoms with Gasteiger partial charge in [-0.25, -0.2) is 13.8 Å². The lowest BCUT2D eigenvalue weighted by atomic mass is 10.1. The highest BCUT2D eigenvalue weighted by Gasteiger charge is 2.11. The Morgan fingerprint density at radius 1 is 1.30 bits per heavy atom. The summed E-state index contributed by atoms with van der Waals surface area (Å²) in [4.78, 5) is 16.0. The van der Waals surface area contributed by atoms with Crippen molar-refractivity contribution in [2.45, 2.75) is 13.3 Å². The molecule has 0 spiro atoms. The zero-order valence-corrected chi connectivity index (χ0v) is 12.2. The number of aryl methyl sites for hydroxylation is 1. The van der Waals surface area contributed by atoms with E-state index in [0.29, 0.717) is 16.0 Å². The number of carbonyl (C=O) groups is 1. The predicted molar refractivity (Wildman–Crippen MR) is 75.4 cm³/mol. The summed E-state index contributed by atoms with van der Waals surface area (Å²) in [5.41, 5.74) is 1.35. The highest BCUT2D eigenvalue weighted by molar-refractivity contribution is 9.10. The van der Waals surface area contributed by atoms with Crippen LogP contribution < -0.4 is 5.32 Å². The van der Waals surface area contributed by atoms with Crippen molar-refractivity contribution in [2.24, 2.45) is 0 Å². The third-order valence-corrected chi connectivity index (χ3v) is 3.13. The van der Waals surface area contributed by atoms with Crippen LogP contribution in [0, 0.1) is 18.6 Å². The minimum atomic E-state index is -0.731. The van der Waals surface area contributed by atoms with Gasteiger partial charge < -0.3 is 5.32 Å². The number of nitrogens with zero attached hydrogens (tertiary/aromatic N) is 1. The van der Waals surface area contributed by atoms with E-state index in [9.17, 15) is 13.6 Å². The van der Waals surface area contributed by atoms with Crippen LogP contribution in [0.25, 0.3) is 0 Å². The second kappa shape index (κ2) is 6.09. The maximum absolute atomic E-state index is 13.4. The van der Waals surface area contributed by atoms with Crippen LogP contribution in [0.3, 0.4) is 0 Å². The summed E-state index contributed by atoms with van der Waals surface area (Å²) in [7, 11) is 0. The van der Waals surface area contributed by atoms with Gasteiger partial charge in [-0.3, -0.25) is 4.79 Å². The van der Waals surface area contributed by atoms with Gasteiger partial charge in [-0.05, 0) is 46.6 Å². The van der Waals surface area contributed by atoms with E-state index in [4.69, 9.17) is 0 Å². The van der Waals surface area contributed by atoms with E-state index in [1.54, 1.807) is 19.1 Å². The number of amides is 1. The lowest BCUT2D eigenvalue weighted by Gasteiger charge is -2.08. The van der Waals surface area contributed by atoms with Gasteiger partial charge in [-0.15, -0.1) is 0 Å². The molecule has 2 rings (SSSR count). The smallest absolute Gasteiger partial charge is 0.228 e. The molecule has 1 amide bonds. The minimum Gasteiger partial charge on any atom is -0.324 e. The monoisotopic (exact) mass is 340 g/mol. The number of hydrogen-bond donors (Lipinski definition) is 1. The first-order valence-electron chi connectivity index (χ1n) is 5.82. The summed E-state index contributed by atoms with van der Waals surface area (Å²) < 4.78 is 26.9. The number of rotatable bonds is 3. The fourth-order valence-corrected chi connectivity index (χ4v) is 2.09. The van der Waals surface area contributed by atoms with Crippen molar-refractivity contribution in [1.29, 1.82) is 0 Å². The summed E-state index contributed by atoms with van der Waals surface area (Å²) >= 11 is 3.22. The Morgan fingerprint density at radius 2 is 2.05 bits per heavy atom. The number of nitrogens with one attached hydrogen (secondary N) is 1. The molecule has 1 aromatic carbocycles. The number of hydrogen-bond acceptors (Lipinski definition) is 2. The molecule has 1 heterocycles. The fraction of sp³-hybridized carbons (Fsp3) is 0.143. The SMILES string of the molecule is Cc1nc(Br)ccc1NC(=O)Cc1ccc(F)cc1F. The fourth-order valence-electron chi connectivity index (χ4n) is 1.69. The van der Waals surface area contributed by atoms with Gasteiger partial charge in [0, 0.05) is 6.07 Å². The first-order valence-corrected chi connectivity index (χ1v) is 6.62. The third kappa shape index (κ3) is 3.60. The van der Waals surface area contributed by atoms with E-state index in [1.807, 2.05) is 0 Å². The molecule has 0 fully saturated rings. The molecule has 104 valence electrons. The second-order valence-corrected chi connectivity index (χ2v) is 5.04. The van der Waals surface area contributed by atoms with Crippen molar-refractivity contribution in [1.82, 2.24) is 4.98 Å². The molecular weight excluding hydrogens is 330 g/mol. The molecule has 0 bridgehead atoms. The van der Waals surface area contributed by atoms with Gasteiger partial charge in [0.1, 0.15) is 16.2 Å². The molecule has 0 aliphatic rings. The third-order valence-electron chi connectivity index (χ3n) is 2.69. The van der Waals surface area contributed by atoms with Crippen LogP contribution in [-0.2, 0) is 11.2 Å². The van der Waals surface area contributed by atoms with Gasteiger partial charge in [0.25, 0.3) is 0 Å². The topological polar surface area (TPSA) is 42.0 Å². The molecule has 0 aliphatic heterocycles. The number of halogens is 3. The molecule has 0 saturated carbocycles. The van der Waals surface area contributed by atoms with Crippen molar-refractivity contribution >= 4 is 27.5 Å². The van der Waals surface area contributed by atoms with Crippen molar-refractivity contribution < 1.29 is 13.6 Å². The Bertz CT molecular complexity index is 606. The van der Waals surface area contributed by atoms with Crippen LogP contribution in [0.2, 0.25) is 0 Å². The molecule has 0 aliphatic carbocycles. The molecule has 20 heavy (non-hydrogen) atoms. The van der Waals surface area contributed by atoms with Gasteiger partial charge in [0.15, 0.2) is 0 Å². The molecule has 0 saturated heterocycles. The molecule has 0 unspecified atom stereocenters. The molecule has 1 aromatic heterocycles. The number of benzene rings is 1. The van der Waals surface area contributed by atoms with Gasteiger partial charge in [-0.2, -0.15) is 0 Å². The second-order valence-electron chi connectivity index (χ2n) is 4.23. The van der Waals surface area contributed by atoms with Crippen molar-refractivity contribution in [2.75, 3.05) is 5.32 Å². The minimum absolute atomic E-state index is 0.145. The quantitative estimate of drug-likeness (QED) is 0.867. The van der Waals surface area contributed by atoms with Gasteiger partial charge in [0.05, 0.1) is 17.8 Å². The zero-order valence-electron chi connectivity index (χ0n) is 10.6. The molecular formula is C14H11BrF2N2O. The van der Waals surface area contributed by atoms with E-state index in [1.165, 1.54) is 6.07 Å². The van der Waals surface area contributed by atoms with Crippen LogP contribution in [-0.4, -0.2) is 10.9 Å². The van der Waals surface area contributed by atoms with E-state index >= 15 is 0 Å². The lowest BCUT2D eigenvalue weighted by Crippen LogP contribution is -2.16. The van der Waals surface area contributed by atoms with Gasteiger partial charge in [-0.1, -0.05) is 6.07 Å². The molecule has 0 atom stereocenters. The van der Waals surface area contributed by atoms with E-state index in [-0.39, 0.29) is 17.9 Å². The van der Waals surface area contributed by atoms with Crippen LogP contribution in [0.4, 0.5) is 14.5 Å². The summed E-state index contributed by atoms with van der Waals surface area (Å²) in [5.74, 6) is -1.78. The Morgan fingerprint density at radius 3 is 2.70 bits per heavy atom. The summed E-state index contributed by atoms with van der Waals surface area (Å²) in [6.07, 6.45) is -0.165. The first-order chi connectivity index (χ1) is 9.45. The van der Waals surface area contributed by atoms with Gasteiger partial charge >= 0.3 is 0 Å². The Hall–Kier alpha value is -1.82. The van der Waals surface area contributed by atoms with E-state index in [2.05, 4.69) is 26.2 Å². The number of pyridine rings is 1. The maximum atomic E-state index is 13.4. The first kappa shape index (κ1) is 14.6. The average Bonchev–Trinajstić information content (AvgIpc) is 2.36. The lowest BCUT2D eigenvalue weighted by molar-refractivity contribution is -0.115. The Labute approximate surface area is 123 Å². The maximum Gasteiger partial charge on any atom is 0.228 e. The van der Waals surface area contributed by atoms with Crippen molar-refractivity contribution in [3.05, 3.63) is 57.8 Å². The number of aromatic nitrogens is 1. The standard InChI is InChI=1S/C14H11BrF2N2O/c1-8-12(4-5-13(15)18-8)19-14(20)6-9-2-3-10(16)7-11(9)17/h2-5,7H,6H2,1H3,(H,19,20). The predicted octanol–water partition coefficient (Wildman–Crippen LogP) is 3.61. The van der Waals surface area contributed by atoms with Crippen molar-refractivity contribution in [3.63, 3.8) is 0 Å². The molecule has 1 N–H and O–H groups in total. The average molecular weight is 341 g/mol. The molecule has 6 heteroatoms. The van der Waals surface area contributed by atoms with Crippen LogP contribution in [0.1, 0.15) is 11.3 Å². The number of anilines is 1. The summed E-state index contributed by atoms with van der Waals surface area (Å²) in [6.45, 7) is 1.75. The Balaban J connectivity index is 2.09. The molecule has 2 aromatic rings. The molecule has 3 nitrogen and oxygen atoms in total. The highest BCUT2D eigenvalue weighted by Crippen LogP contribution is 2.17. The normalized spacial score (nSPS) is 10.4. The largest absolute Gasteiger partial charge is 0.324 e. The van der Waals surface area contributed by atoms with E-state index in [0.717, 1.165) is 12.1 Å². The van der Waals surface area contributed by atoms with Crippen LogP contribution in [0.15, 0.2) is 34.9 Å². The zero-order chi connectivity index (χ0) is 14.7. The molecule has 0 radical (unpaired) electrons.